The summed E-state index contributed by atoms with van der Waals surface area (Å²) in [5, 5.41) is 8.96. The Balaban J connectivity index is 2.06. The number of hydrogen-bond acceptors (Lipinski definition) is 2. The van der Waals surface area contributed by atoms with E-state index >= 15 is 0 Å². The zero-order chi connectivity index (χ0) is 14.7. The maximum atomic E-state index is 13.5. The van der Waals surface area contributed by atoms with Crippen LogP contribution in [0.5, 0.6) is 0 Å². The smallest absolute Gasteiger partial charge is 0.308 e. The Morgan fingerprint density at radius 1 is 1.30 bits per heavy atom. The van der Waals surface area contributed by atoms with Gasteiger partial charge in [-0.15, -0.1) is 0 Å². The predicted molar refractivity (Wildman–Crippen MR) is 67.0 cm³/mol. The van der Waals surface area contributed by atoms with Crippen LogP contribution in [0.2, 0.25) is 0 Å². The Morgan fingerprint density at radius 3 is 2.55 bits per heavy atom. The van der Waals surface area contributed by atoms with E-state index in [0.29, 0.717) is 19.4 Å². The van der Waals surface area contributed by atoms with Crippen LogP contribution in [0.25, 0.3) is 0 Å². The molecule has 6 heteroatoms. The van der Waals surface area contributed by atoms with Gasteiger partial charge in [0.25, 0.3) is 0 Å². The number of carbonyl (C=O) groups excluding carboxylic acids is 1. The Morgan fingerprint density at radius 2 is 1.95 bits per heavy atom. The lowest BCUT2D eigenvalue weighted by Crippen LogP contribution is -2.43. The molecule has 1 aromatic carbocycles. The van der Waals surface area contributed by atoms with Gasteiger partial charge in [0.2, 0.25) is 5.91 Å². The minimum absolute atomic E-state index is 0.101. The summed E-state index contributed by atoms with van der Waals surface area (Å²) in [6.45, 7) is 0.531. The molecule has 0 aliphatic carbocycles. The van der Waals surface area contributed by atoms with Gasteiger partial charge in [0, 0.05) is 18.7 Å². The number of halogens is 2. The molecule has 20 heavy (non-hydrogen) atoms. The van der Waals surface area contributed by atoms with Gasteiger partial charge in [-0.05, 0) is 25.0 Å². The van der Waals surface area contributed by atoms with Crippen LogP contribution in [0.1, 0.15) is 18.4 Å². The molecule has 0 bridgehead atoms. The SMILES string of the molecule is O=C(O)C1CCCN(C(=O)Cc2c(F)cccc2F)C1. The van der Waals surface area contributed by atoms with Crippen LogP contribution in [0.15, 0.2) is 18.2 Å². The van der Waals surface area contributed by atoms with Crippen LogP contribution in [-0.4, -0.2) is 35.0 Å². The van der Waals surface area contributed by atoms with E-state index in [2.05, 4.69) is 0 Å². The third-order valence-electron chi connectivity index (χ3n) is 3.51. The average molecular weight is 283 g/mol. The van der Waals surface area contributed by atoms with Crippen molar-refractivity contribution in [3.05, 3.63) is 35.4 Å². The van der Waals surface area contributed by atoms with Crippen molar-refractivity contribution in [2.45, 2.75) is 19.3 Å². The van der Waals surface area contributed by atoms with E-state index in [0.717, 1.165) is 12.1 Å². The van der Waals surface area contributed by atoms with Gasteiger partial charge >= 0.3 is 5.97 Å². The van der Waals surface area contributed by atoms with Crippen LogP contribution in [0, 0.1) is 17.6 Å². The minimum Gasteiger partial charge on any atom is -0.481 e. The fourth-order valence-electron chi connectivity index (χ4n) is 2.37. The third-order valence-corrected chi connectivity index (χ3v) is 3.51. The molecule has 1 aliphatic heterocycles. The van der Waals surface area contributed by atoms with E-state index in [1.165, 1.54) is 11.0 Å². The van der Waals surface area contributed by atoms with Gasteiger partial charge in [0.15, 0.2) is 0 Å². The van der Waals surface area contributed by atoms with Crippen molar-refractivity contribution in [3.8, 4) is 0 Å². The number of amides is 1. The normalized spacial score (nSPS) is 18.9. The van der Waals surface area contributed by atoms with Gasteiger partial charge in [-0.25, -0.2) is 8.78 Å². The summed E-state index contributed by atoms with van der Waals surface area (Å²) in [4.78, 5) is 24.3. The highest BCUT2D eigenvalue weighted by molar-refractivity contribution is 5.80. The second-order valence-corrected chi connectivity index (χ2v) is 4.89. The number of piperidine rings is 1. The van der Waals surface area contributed by atoms with Gasteiger partial charge in [-0.2, -0.15) is 0 Å². The number of likely N-dealkylation sites (tertiary alicyclic amines) is 1. The van der Waals surface area contributed by atoms with Gasteiger partial charge in [-0.3, -0.25) is 9.59 Å². The van der Waals surface area contributed by atoms with E-state index in [1.54, 1.807) is 0 Å². The molecule has 1 saturated heterocycles. The van der Waals surface area contributed by atoms with Crippen LogP contribution in [-0.2, 0) is 16.0 Å². The second-order valence-electron chi connectivity index (χ2n) is 4.89. The first-order valence-electron chi connectivity index (χ1n) is 6.42. The molecule has 1 heterocycles. The van der Waals surface area contributed by atoms with Crippen molar-refractivity contribution in [3.63, 3.8) is 0 Å². The summed E-state index contributed by atoms with van der Waals surface area (Å²) in [5.41, 5.74) is -0.269. The molecular formula is C14H15F2NO3. The maximum Gasteiger partial charge on any atom is 0.308 e. The molecule has 108 valence electrons. The molecule has 1 aliphatic rings. The summed E-state index contributed by atoms with van der Waals surface area (Å²) >= 11 is 0. The molecule has 2 rings (SSSR count). The molecule has 0 spiro atoms. The van der Waals surface area contributed by atoms with Crippen LogP contribution in [0.3, 0.4) is 0 Å². The monoisotopic (exact) mass is 283 g/mol. The van der Waals surface area contributed by atoms with Crippen molar-refractivity contribution in [2.24, 2.45) is 5.92 Å². The summed E-state index contributed by atoms with van der Waals surface area (Å²) in [6.07, 6.45) is 0.723. The molecule has 1 aromatic rings. The lowest BCUT2D eigenvalue weighted by Gasteiger charge is -2.30. The first kappa shape index (κ1) is 14.4. The second kappa shape index (κ2) is 5.98. The van der Waals surface area contributed by atoms with Crippen LogP contribution in [0.4, 0.5) is 8.78 Å². The first-order valence-corrected chi connectivity index (χ1v) is 6.42. The van der Waals surface area contributed by atoms with Crippen molar-refractivity contribution in [1.82, 2.24) is 4.90 Å². The maximum absolute atomic E-state index is 13.5. The molecule has 1 fully saturated rings. The Bertz CT molecular complexity index is 513. The topological polar surface area (TPSA) is 57.6 Å². The summed E-state index contributed by atoms with van der Waals surface area (Å²) in [5.74, 6) is -3.51. The predicted octanol–water partition coefficient (Wildman–Crippen LogP) is 1.83. The number of carbonyl (C=O) groups is 2. The standard InChI is InChI=1S/C14H15F2NO3/c15-11-4-1-5-12(16)10(11)7-13(18)17-6-2-3-9(8-17)14(19)20/h1,4-5,9H,2-3,6-8H2,(H,19,20). The molecule has 1 N–H and O–H groups in total. The minimum atomic E-state index is -0.945. The molecule has 0 aromatic heterocycles. The average Bonchev–Trinajstić information content (AvgIpc) is 2.43. The summed E-state index contributed by atoms with van der Waals surface area (Å²) < 4.78 is 27.0. The molecule has 4 nitrogen and oxygen atoms in total. The van der Waals surface area contributed by atoms with E-state index in [-0.39, 0.29) is 18.5 Å². The first-order chi connectivity index (χ1) is 9.49. The molecule has 0 radical (unpaired) electrons. The van der Waals surface area contributed by atoms with Crippen molar-refractivity contribution in [2.75, 3.05) is 13.1 Å². The fraction of sp³-hybridized carbons (Fsp3) is 0.429. The van der Waals surface area contributed by atoms with E-state index in [9.17, 15) is 18.4 Å². The van der Waals surface area contributed by atoms with Gasteiger partial charge in [0.1, 0.15) is 11.6 Å². The van der Waals surface area contributed by atoms with Crippen molar-refractivity contribution in [1.29, 1.82) is 0 Å². The van der Waals surface area contributed by atoms with Gasteiger partial charge < -0.3 is 10.0 Å². The lowest BCUT2D eigenvalue weighted by atomic mass is 9.97. The summed E-state index contributed by atoms with van der Waals surface area (Å²) in [7, 11) is 0. The number of carboxylic acids is 1. The number of nitrogens with zero attached hydrogens (tertiary/aromatic N) is 1. The zero-order valence-corrected chi connectivity index (χ0v) is 10.8. The molecular weight excluding hydrogens is 268 g/mol. The molecule has 1 atom stereocenters. The lowest BCUT2D eigenvalue weighted by molar-refractivity contribution is -0.145. The van der Waals surface area contributed by atoms with Crippen LogP contribution < -0.4 is 0 Å². The number of benzene rings is 1. The Hall–Kier alpha value is -1.98. The van der Waals surface area contributed by atoms with E-state index in [4.69, 9.17) is 5.11 Å². The Labute approximate surface area is 115 Å². The van der Waals surface area contributed by atoms with Gasteiger partial charge in [0.05, 0.1) is 12.3 Å². The van der Waals surface area contributed by atoms with Crippen molar-refractivity contribution < 1.29 is 23.5 Å². The number of hydrogen-bond donors (Lipinski definition) is 1. The highest BCUT2D eigenvalue weighted by Gasteiger charge is 2.28. The molecule has 1 amide bonds. The number of rotatable bonds is 3. The zero-order valence-electron chi connectivity index (χ0n) is 10.8. The van der Waals surface area contributed by atoms with Gasteiger partial charge in [-0.1, -0.05) is 6.07 Å². The third kappa shape index (κ3) is 3.12. The van der Waals surface area contributed by atoms with Crippen LogP contribution >= 0.6 is 0 Å². The van der Waals surface area contributed by atoms with Crippen molar-refractivity contribution >= 4 is 11.9 Å². The molecule has 1 unspecified atom stereocenters. The largest absolute Gasteiger partial charge is 0.481 e. The quantitative estimate of drug-likeness (QED) is 0.920. The highest BCUT2D eigenvalue weighted by atomic mass is 19.1. The Kier molecular flexibility index (Phi) is 4.32. The summed E-state index contributed by atoms with van der Waals surface area (Å²) in [6, 6.07) is 3.43. The van der Waals surface area contributed by atoms with E-state index < -0.39 is 29.4 Å². The van der Waals surface area contributed by atoms with E-state index in [1.807, 2.05) is 0 Å². The number of aliphatic carboxylic acids is 1. The number of carboxylic acid groups (broad SMARTS) is 1. The highest BCUT2D eigenvalue weighted by Crippen LogP contribution is 2.19. The molecule has 0 saturated carbocycles. The fourth-order valence-corrected chi connectivity index (χ4v) is 2.37.